The predicted octanol–water partition coefficient (Wildman–Crippen LogP) is 18.6. The summed E-state index contributed by atoms with van der Waals surface area (Å²) in [6.07, 6.45) is 14.6. The molecule has 0 fully saturated rings. The van der Waals surface area contributed by atoms with Crippen molar-refractivity contribution >= 4 is 99.7 Å². The summed E-state index contributed by atoms with van der Waals surface area (Å²) in [7, 11) is 0. The number of hydrogen-bond acceptors (Lipinski definition) is 11. The molecule has 67 heavy (non-hydrogen) atoms. The molecule has 5 aromatic carbocycles. The van der Waals surface area contributed by atoms with Crippen LogP contribution >= 0.6 is 57.5 Å². The standard InChI is InChI=1S/C56H56N4O2S5/c1-5-7-9-11-13-21-29-61-55-35(3)47(38-25-19-16-20-26-38)51-54(60-66-57-51)50(55)46-34-40-32-43-39(31-44(40)65-46)33-45(64-43)48-36(4)56(62-30-22-14-12-10-8-6-2)49(53-52(48)58-67-59-53)42-28-27-41(63-42)37-23-17-15-18-24-37/h15-20,23-28,31-34H,5-14,21-22,29-30H2,1-4H3. The fourth-order valence-corrected chi connectivity index (χ4v) is 14.0. The normalized spacial score (nSPS) is 11.8. The molecular weight excluding hydrogens is 921 g/mol. The van der Waals surface area contributed by atoms with Gasteiger partial charge in [0.25, 0.3) is 0 Å². The molecule has 10 rings (SSSR count). The maximum Gasteiger partial charge on any atom is 0.133 e. The summed E-state index contributed by atoms with van der Waals surface area (Å²) in [4.78, 5) is 4.72. The first-order valence-electron chi connectivity index (χ1n) is 24.0. The predicted molar refractivity (Wildman–Crippen MR) is 291 cm³/mol. The van der Waals surface area contributed by atoms with Crippen LogP contribution in [0.4, 0.5) is 0 Å². The summed E-state index contributed by atoms with van der Waals surface area (Å²) in [5.41, 5.74) is 12.6. The van der Waals surface area contributed by atoms with Crippen molar-refractivity contribution in [1.29, 1.82) is 0 Å². The lowest BCUT2D eigenvalue weighted by molar-refractivity contribution is 0.304. The Hall–Kier alpha value is -5.04. The summed E-state index contributed by atoms with van der Waals surface area (Å²) in [5, 5.41) is 2.43. The molecule has 5 heterocycles. The van der Waals surface area contributed by atoms with Crippen LogP contribution in [-0.2, 0) is 0 Å². The fraction of sp³-hybridized carbons (Fsp3) is 0.321. The van der Waals surface area contributed by atoms with Crippen molar-refractivity contribution in [2.75, 3.05) is 13.2 Å². The van der Waals surface area contributed by atoms with Crippen LogP contribution in [-0.4, -0.2) is 30.7 Å². The van der Waals surface area contributed by atoms with Crippen LogP contribution < -0.4 is 9.47 Å². The van der Waals surface area contributed by atoms with Gasteiger partial charge in [-0.05, 0) is 85.0 Å². The second-order valence-electron chi connectivity index (χ2n) is 17.6. The van der Waals surface area contributed by atoms with Gasteiger partial charge in [0, 0.05) is 51.2 Å². The Morgan fingerprint density at radius 2 is 0.836 bits per heavy atom. The van der Waals surface area contributed by atoms with Gasteiger partial charge in [-0.1, -0.05) is 139 Å². The number of rotatable bonds is 21. The van der Waals surface area contributed by atoms with Crippen LogP contribution in [0.2, 0.25) is 0 Å². The van der Waals surface area contributed by atoms with Gasteiger partial charge in [0.15, 0.2) is 0 Å². The van der Waals surface area contributed by atoms with Crippen molar-refractivity contribution in [3.63, 3.8) is 0 Å². The Balaban J connectivity index is 1.03. The highest BCUT2D eigenvalue weighted by molar-refractivity contribution is 7.24. The van der Waals surface area contributed by atoms with E-state index in [1.54, 1.807) is 11.3 Å². The fourth-order valence-electron chi connectivity index (χ4n) is 9.44. The van der Waals surface area contributed by atoms with E-state index >= 15 is 0 Å². The smallest absolute Gasteiger partial charge is 0.133 e. The summed E-state index contributed by atoms with van der Waals surface area (Å²) in [6, 6.07) is 35.1. The van der Waals surface area contributed by atoms with Crippen LogP contribution in [0.15, 0.2) is 97.1 Å². The highest BCUT2D eigenvalue weighted by atomic mass is 32.1. The van der Waals surface area contributed by atoms with Gasteiger partial charge in [0.1, 0.15) is 33.6 Å². The average molecular weight is 977 g/mol. The molecule has 0 saturated carbocycles. The molecule has 0 unspecified atom stereocenters. The molecule has 10 aromatic rings. The van der Waals surface area contributed by atoms with Gasteiger partial charge in [0.05, 0.1) is 47.8 Å². The average Bonchev–Trinajstić information content (AvgIpc) is 4.22. The van der Waals surface area contributed by atoms with E-state index in [0.717, 1.165) is 95.1 Å². The second kappa shape index (κ2) is 21.1. The van der Waals surface area contributed by atoms with Crippen molar-refractivity contribution in [1.82, 2.24) is 17.5 Å². The van der Waals surface area contributed by atoms with Crippen LogP contribution in [0.5, 0.6) is 11.5 Å². The Morgan fingerprint density at radius 1 is 0.403 bits per heavy atom. The van der Waals surface area contributed by atoms with Crippen molar-refractivity contribution < 1.29 is 9.47 Å². The molecule has 0 aliphatic carbocycles. The minimum absolute atomic E-state index is 0.675. The highest BCUT2D eigenvalue weighted by Gasteiger charge is 2.28. The Kier molecular flexibility index (Phi) is 14.4. The second-order valence-corrected chi connectivity index (χ2v) is 21.9. The SMILES string of the molecule is CCCCCCCCOc1c(C)c(-c2ccccc2)c2nsnc2c1-c1cc2cc3sc(-c4c(C)c(OCCCCCCCC)c(-c5ccc(-c6ccccc6)s5)c5nsnc45)cc3cc2s1. The number of aromatic nitrogens is 4. The van der Waals surface area contributed by atoms with Crippen molar-refractivity contribution in [2.45, 2.75) is 105 Å². The van der Waals surface area contributed by atoms with Crippen LogP contribution in [0.3, 0.4) is 0 Å². The van der Waals surface area contributed by atoms with E-state index in [4.69, 9.17) is 27.0 Å². The number of unbranched alkanes of at least 4 members (excludes halogenated alkanes) is 10. The first-order valence-corrected chi connectivity index (χ1v) is 28.0. The van der Waals surface area contributed by atoms with E-state index in [2.05, 4.69) is 125 Å². The van der Waals surface area contributed by atoms with Gasteiger partial charge in [-0.25, -0.2) is 0 Å². The van der Waals surface area contributed by atoms with Crippen molar-refractivity contribution in [3.8, 4) is 64.4 Å². The molecule has 0 amide bonds. The number of thiophene rings is 3. The van der Waals surface area contributed by atoms with E-state index < -0.39 is 0 Å². The Labute approximate surface area is 414 Å². The molecule has 0 bridgehead atoms. The van der Waals surface area contributed by atoms with Gasteiger partial charge in [0.2, 0.25) is 0 Å². The Morgan fingerprint density at radius 3 is 1.39 bits per heavy atom. The van der Waals surface area contributed by atoms with Crippen molar-refractivity contribution in [3.05, 3.63) is 108 Å². The zero-order valence-corrected chi connectivity index (χ0v) is 42.9. The molecule has 0 spiro atoms. The van der Waals surface area contributed by atoms with Crippen LogP contribution in [0.25, 0.3) is 95.1 Å². The lowest BCUT2D eigenvalue weighted by Crippen LogP contribution is -2.03. The lowest BCUT2D eigenvalue weighted by Gasteiger charge is -2.18. The number of benzene rings is 5. The number of ether oxygens (including phenoxy) is 2. The third kappa shape index (κ3) is 9.42. The van der Waals surface area contributed by atoms with E-state index in [9.17, 15) is 0 Å². The zero-order valence-electron chi connectivity index (χ0n) is 38.8. The van der Waals surface area contributed by atoms with E-state index in [-0.39, 0.29) is 0 Å². The summed E-state index contributed by atoms with van der Waals surface area (Å²) in [6.45, 7) is 10.3. The Bertz CT molecular complexity index is 3220. The molecule has 11 heteroatoms. The maximum atomic E-state index is 6.92. The van der Waals surface area contributed by atoms with Gasteiger partial charge < -0.3 is 9.47 Å². The van der Waals surface area contributed by atoms with Gasteiger partial charge >= 0.3 is 0 Å². The van der Waals surface area contributed by atoms with Gasteiger partial charge in [-0.3, -0.25) is 0 Å². The van der Waals surface area contributed by atoms with Crippen molar-refractivity contribution in [2.24, 2.45) is 0 Å². The minimum atomic E-state index is 0.675. The molecule has 6 nitrogen and oxygen atoms in total. The highest BCUT2D eigenvalue weighted by Crippen LogP contribution is 2.52. The first-order chi connectivity index (χ1) is 33.0. The summed E-state index contributed by atoms with van der Waals surface area (Å²) < 4.78 is 36.2. The largest absolute Gasteiger partial charge is 0.493 e. The third-order valence-electron chi connectivity index (χ3n) is 12.9. The topological polar surface area (TPSA) is 70.0 Å². The van der Waals surface area contributed by atoms with E-state index in [1.165, 1.54) is 123 Å². The van der Waals surface area contributed by atoms with Crippen LogP contribution in [0, 0.1) is 13.8 Å². The minimum Gasteiger partial charge on any atom is -0.493 e. The summed E-state index contributed by atoms with van der Waals surface area (Å²) >= 11 is 8.01. The molecule has 0 aliphatic heterocycles. The third-order valence-corrected chi connectivity index (χ3v) is 17.4. The molecule has 0 radical (unpaired) electrons. The molecule has 0 atom stereocenters. The maximum absolute atomic E-state index is 6.92. The number of fused-ring (bicyclic) bond motifs is 4. The van der Waals surface area contributed by atoms with Gasteiger partial charge in [-0.15, -0.1) is 34.0 Å². The first kappa shape index (κ1) is 45.7. The molecular formula is C56H56N4O2S5. The van der Waals surface area contributed by atoms with Gasteiger partial charge in [-0.2, -0.15) is 17.5 Å². The number of hydrogen-bond donors (Lipinski definition) is 0. The summed E-state index contributed by atoms with van der Waals surface area (Å²) in [5.74, 6) is 1.86. The molecule has 0 N–H and O–H groups in total. The molecule has 0 saturated heterocycles. The number of nitrogens with zero attached hydrogens (tertiary/aromatic N) is 4. The molecule has 5 aromatic heterocycles. The quantitative estimate of drug-likeness (QED) is 0.0668. The molecule has 0 aliphatic rings. The van der Waals surface area contributed by atoms with E-state index in [1.807, 2.05) is 22.7 Å². The monoisotopic (exact) mass is 976 g/mol. The lowest BCUT2D eigenvalue weighted by atomic mass is 9.94. The van der Waals surface area contributed by atoms with Crippen LogP contribution in [0.1, 0.15) is 102 Å². The van der Waals surface area contributed by atoms with E-state index in [0.29, 0.717) is 13.2 Å². The molecule has 342 valence electrons. The zero-order chi connectivity index (χ0) is 45.7.